The van der Waals surface area contributed by atoms with Crippen molar-refractivity contribution in [2.24, 2.45) is 40.9 Å². The van der Waals surface area contributed by atoms with Gasteiger partial charge in [-0.25, -0.2) is 0 Å². The Labute approximate surface area is 201 Å². The summed E-state index contributed by atoms with van der Waals surface area (Å²) in [6.07, 6.45) is 13.1. The zero-order valence-electron chi connectivity index (χ0n) is 22.6. The van der Waals surface area contributed by atoms with Crippen LogP contribution in [0.15, 0.2) is 37.0 Å². The lowest BCUT2D eigenvalue weighted by molar-refractivity contribution is -0.127. The molecule has 0 radical (unpaired) electrons. The molecule has 0 aliphatic heterocycles. The SMILES string of the molecule is C=CCCC(C(=C)C(=C)C)C(CC(=O)C(CC(C)(C)C)C1CCCC1)CC(CC)C(C)C. The van der Waals surface area contributed by atoms with E-state index in [0.717, 1.165) is 36.8 Å². The molecule has 0 saturated heterocycles. The molecular formula is C31H54O. The number of carbonyl (C=O) groups is 1. The molecular weight excluding hydrogens is 388 g/mol. The predicted molar refractivity (Wildman–Crippen MR) is 143 cm³/mol. The summed E-state index contributed by atoms with van der Waals surface area (Å²) in [6.45, 7) is 28.6. The number of hydrogen-bond acceptors (Lipinski definition) is 1. The van der Waals surface area contributed by atoms with E-state index in [4.69, 9.17) is 0 Å². The molecule has 1 saturated carbocycles. The highest BCUT2D eigenvalue weighted by Gasteiger charge is 2.36. The second-order valence-electron chi connectivity index (χ2n) is 12.3. The Bertz CT molecular complexity index is 611. The number of hydrogen-bond donors (Lipinski definition) is 0. The van der Waals surface area contributed by atoms with E-state index < -0.39 is 0 Å². The van der Waals surface area contributed by atoms with Crippen molar-refractivity contribution in [3.8, 4) is 0 Å². The minimum Gasteiger partial charge on any atom is -0.299 e. The van der Waals surface area contributed by atoms with E-state index in [9.17, 15) is 4.79 Å². The van der Waals surface area contributed by atoms with Gasteiger partial charge in [0.2, 0.25) is 0 Å². The van der Waals surface area contributed by atoms with Crippen molar-refractivity contribution in [1.29, 1.82) is 0 Å². The zero-order valence-corrected chi connectivity index (χ0v) is 22.6. The lowest BCUT2D eigenvalue weighted by atomic mass is 9.69. The summed E-state index contributed by atoms with van der Waals surface area (Å²) >= 11 is 0. The van der Waals surface area contributed by atoms with Gasteiger partial charge in [-0.3, -0.25) is 4.79 Å². The first kappa shape index (κ1) is 28.9. The van der Waals surface area contributed by atoms with Crippen molar-refractivity contribution in [2.75, 3.05) is 0 Å². The molecule has 1 aliphatic rings. The normalized spacial score (nSPS) is 18.9. The van der Waals surface area contributed by atoms with Gasteiger partial charge in [-0.1, -0.05) is 85.6 Å². The van der Waals surface area contributed by atoms with Crippen molar-refractivity contribution in [2.45, 2.75) is 113 Å². The molecule has 1 rings (SSSR count). The second kappa shape index (κ2) is 13.6. The van der Waals surface area contributed by atoms with Crippen molar-refractivity contribution in [1.82, 2.24) is 0 Å². The van der Waals surface area contributed by atoms with Crippen LogP contribution < -0.4 is 0 Å². The molecule has 0 N–H and O–H groups in total. The van der Waals surface area contributed by atoms with Crippen LogP contribution >= 0.6 is 0 Å². The molecule has 1 heteroatoms. The number of Topliss-reactive ketones (excluding diaryl/α,β-unsaturated/α-hetero) is 1. The third kappa shape index (κ3) is 9.40. The minimum atomic E-state index is 0.186. The van der Waals surface area contributed by atoms with Crippen molar-refractivity contribution in [3.63, 3.8) is 0 Å². The van der Waals surface area contributed by atoms with Crippen LogP contribution in [0.4, 0.5) is 0 Å². The Balaban J connectivity index is 3.24. The van der Waals surface area contributed by atoms with Gasteiger partial charge in [0.15, 0.2) is 0 Å². The quantitative estimate of drug-likeness (QED) is 0.182. The number of carbonyl (C=O) groups excluding carboxylic acids is 1. The van der Waals surface area contributed by atoms with E-state index in [2.05, 4.69) is 68.2 Å². The fraction of sp³-hybridized carbons (Fsp3) is 0.774. The van der Waals surface area contributed by atoms with Crippen molar-refractivity contribution < 1.29 is 4.79 Å². The molecule has 0 aromatic heterocycles. The van der Waals surface area contributed by atoms with Gasteiger partial charge < -0.3 is 0 Å². The number of rotatable bonds is 15. The van der Waals surface area contributed by atoms with Crippen LogP contribution in [-0.2, 0) is 4.79 Å². The Morgan fingerprint density at radius 1 is 1.09 bits per heavy atom. The first-order valence-electron chi connectivity index (χ1n) is 13.4. The molecule has 32 heavy (non-hydrogen) atoms. The molecule has 0 amide bonds. The topological polar surface area (TPSA) is 17.1 Å². The third-order valence-electron chi connectivity index (χ3n) is 8.00. The van der Waals surface area contributed by atoms with Gasteiger partial charge in [-0.2, -0.15) is 0 Å². The maximum atomic E-state index is 14.0. The van der Waals surface area contributed by atoms with Gasteiger partial charge in [-0.15, -0.1) is 6.58 Å². The lowest BCUT2D eigenvalue weighted by Crippen LogP contribution is -2.31. The van der Waals surface area contributed by atoms with E-state index in [-0.39, 0.29) is 11.3 Å². The molecule has 0 heterocycles. The van der Waals surface area contributed by atoms with E-state index in [1.54, 1.807) is 0 Å². The zero-order chi connectivity index (χ0) is 24.5. The molecule has 1 aliphatic carbocycles. The van der Waals surface area contributed by atoms with E-state index in [1.165, 1.54) is 32.1 Å². The summed E-state index contributed by atoms with van der Waals surface area (Å²) in [4.78, 5) is 14.0. The summed E-state index contributed by atoms with van der Waals surface area (Å²) in [5.74, 6) is 3.28. The molecule has 184 valence electrons. The third-order valence-corrected chi connectivity index (χ3v) is 8.00. The molecule has 0 aromatic rings. The Kier molecular flexibility index (Phi) is 12.3. The van der Waals surface area contributed by atoms with E-state index in [0.29, 0.717) is 41.8 Å². The number of allylic oxidation sites excluding steroid dienone is 3. The summed E-state index contributed by atoms with van der Waals surface area (Å²) < 4.78 is 0. The molecule has 4 unspecified atom stereocenters. The summed E-state index contributed by atoms with van der Waals surface area (Å²) in [5.41, 5.74) is 2.40. The largest absolute Gasteiger partial charge is 0.299 e. The first-order chi connectivity index (χ1) is 14.9. The van der Waals surface area contributed by atoms with Crippen LogP contribution in [0.1, 0.15) is 113 Å². The van der Waals surface area contributed by atoms with Crippen LogP contribution in [0.3, 0.4) is 0 Å². The molecule has 0 bridgehead atoms. The summed E-state index contributed by atoms with van der Waals surface area (Å²) in [6, 6.07) is 0. The second-order valence-corrected chi connectivity index (χ2v) is 12.3. The van der Waals surface area contributed by atoms with Gasteiger partial charge in [0, 0.05) is 12.3 Å². The predicted octanol–water partition coefficient (Wildman–Crippen LogP) is 9.59. The number of ketones is 1. The highest BCUT2D eigenvalue weighted by molar-refractivity contribution is 5.81. The molecule has 1 nitrogen and oxygen atoms in total. The monoisotopic (exact) mass is 442 g/mol. The first-order valence-corrected chi connectivity index (χ1v) is 13.4. The van der Waals surface area contributed by atoms with Gasteiger partial charge in [0.25, 0.3) is 0 Å². The van der Waals surface area contributed by atoms with E-state index >= 15 is 0 Å². The molecule has 0 aromatic carbocycles. The average molecular weight is 443 g/mol. The summed E-state index contributed by atoms with van der Waals surface area (Å²) in [7, 11) is 0. The molecule has 4 atom stereocenters. The Morgan fingerprint density at radius 3 is 2.12 bits per heavy atom. The molecule has 0 spiro atoms. The van der Waals surface area contributed by atoms with Crippen LogP contribution in [-0.4, -0.2) is 5.78 Å². The van der Waals surface area contributed by atoms with Crippen molar-refractivity contribution >= 4 is 5.78 Å². The highest BCUT2D eigenvalue weighted by atomic mass is 16.1. The van der Waals surface area contributed by atoms with Crippen LogP contribution in [0.5, 0.6) is 0 Å². The van der Waals surface area contributed by atoms with Crippen LogP contribution in [0.2, 0.25) is 0 Å². The van der Waals surface area contributed by atoms with Crippen LogP contribution in [0, 0.1) is 40.9 Å². The van der Waals surface area contributed by atoms with Crippen molar-refractivity contribution in [3.05, 3.63) is 37.0 Å². The van der Waals surface area contributed by atoms with Crippen LogP contribution in [0.25, 0.3) is 0 Å². The fourth-order valence-corrected chi connectivity index (χ4v) is 5.97. The lowest BCUT2D eigenvalue weighted by Gasteiger charge is -2.35. The molecule has 1 fully saturated rings. The van der Waals surface area contributed by atoms with E-state index in [1.807, 2.05) is 6.08 Å². The minimum absolute atomic E-state index is 0.186. The standard InChI is InChI=1S/C31H54O/c1-11-13-18-28(24(7)22(3)4)27(19-25(12-2)23(5)6)20-30(32)29(21-31(8,9)10)26-16-14-15-17-26/h11,23,25-29H,1,3,7,12-21H2,2,4-6,8-10H3. The summed E-state index contributed by atoms with van der Waals surface area (Å²) in [5, 5.41) is 0. The Hall–Kier alpha value is -1.11. The van der Waals surface area contributed by atoms with Gasteiger partial charge >= 0.3 is 0 Å². The van der Waals surface area contributed by atoms with Gasteiger partial charge in [0.1, 0.15) is 5.78 Å². The van der Waals surface area contributed by atoms with Gasteiger partial charge in [0.05, 0.1) is 0 Å². The maximum Gasteiger partial charge on any atom is 0.136 e. The van der Waals surface area contributed by atoms with Gasteiger partial charge in [-0.05, 0) is 86.0 Å². The highest BCUT2D eigenvalue weighted by Crippen LogP contribution is 2.42. The fourth-order valence-electron chi connectivity index (χ4n) is 5.97. The Morgan fingerprint density at radius 2 is 1.69 bits per heavy atom. The average Bonchev–Trinajstić information content (AvgIpc) is 3.23. The maximum absolute atomic E-state index is 14.0. The smallest absolute Gasteiger partial charge is 0.136 e.